The number of fused-ring (bicyclic) bond motifs is 1. The van der Waals surface area contributed by atoms with Crippen LogP contribution in [-0.2, 0) is 0 Å². The van der Waals surface area contributed by atoms with Crippen molar-refractivity contribution in [3.05, 3.63) is 81.5 Å². The number of amides is 1. The standard InChI is InChI=1S/C22H21N5O2/c1-12-13(2)24-20-15(12)7-6-8-16(20)22(29)25-14(3)18-11-19(28)27-21(26-18)17-9-4-5-10-23-17/h4-11,14,24H,1-3H3,(H,25,29)(H,26,27,28)/t14-/m0/s1. The molecule has 0 bridgehead atoms. The Bertz CT molecular complexity index is 1260. The fourth-order valence-corrected chi connectivity index (χ4v) is 3.34. The number of aryl methyl sites for hydroxylation is 2. The quantitative estimate of drug-likeness (QED) is 0.499. The van der Waals surface area contributed by atoms with Crippen LogP contribution in [0.1, 0.15) is 40.3 Å². The molecule has 0 aliphatic carbocycles. The van der Waals surface area contributed by atoms with Crippen LogP contribution in [0, 0.1) is 13.8 Å². The topological polar surface area (TPSA) is 104 Å². The number of carbonyl (C=O) groups excluding carboxylic acids is 1. The first-order chi connectivity index (χ1) is 13.9. The Morgan fingerprint density at radius 2 is 1.93 bits per heavy atom. The number of pyridine rings is 1. The third kappa shape index (κ3) is 3.54. The highest BCUT2D eigenvalue weighted by Gasteiger charge is 2.18. The minimum absolute atomic E-state index is 0.231. The molecule has 3 heterocycles. The van der Waals surface area contributed by atoms with E-state index in [0.717, 1.165) is 22.2 Å². The van der Waals surface area contributed by atoms with Crippen molar-refractivity contribution in [2.75, 3.05) is 0 Å². The van der Waals surface area contributed by atoms with Gasteiger partial charge in [-0.2, -0.15) is 0 Å². The van der Waals surface area contributed by atoms with Crippen LogP contribution >= 0.6 is 0 Å². The van der Waals surface area contributed by atoms with Gasteiger partial charge in [0, 0.05) is 23.3 Å². The second kappa shape index (κ2) is 7.35. The lowest BCUT2D eigenvalue weighted by Gasteiger charge is -2.14. The van der Waals surface area contributed by atoms with Gasteiger partial charge in [0.2, 0.25) is 0 Å². The summed E-state index contributed by atoms with van der Waals surface area (Å²) in [6, 6.07) is 12.0. The first kappa shape index (κ1) is 18.6. The van der Waals surface area contributed by atoms with E-state index in [0.29, 0.717) is 22.8 Å². The molecule has 0 spiro atoms. The van der Waals surface area contributed by atoms with Crippen molar-refractivity contribution in [2.45, 2.75) is 26.8 Å². The van der Waals surface area contributed by atoms with Crippen molar-refractivity contribution >= 4 is 16.8 Å². The summed E-state index contributed by atoms with van der Waals surface area (Å²) in [6.45, 7) is 5.81. The molecule has 0 aliphatic heterocycles. The smallest absolute Gasteiger partial charge is 0.253 e. The Balaban J connectivity index is 1.64. The van der Waals surface area contributed by atoms with Gasteiger partial charge < -0.3 is 15.3 Å². The molecule has 7 heteroatoms. The number of aromatic nitrogens is 4. The van der Waals surface area contributed by atoms with E-state index in [1.54, 1.807) is 31.3 Å². The molecule has 29 heavy (non-hydrogen) atoms. The second-order valence-electron chi connectivity index (χ2n) is 7.03. The zero-order valence-corrected chi connectivity index (χ0v) is 16.4. The van der Waals surface area contributed by atoms with Gasteiger partial charge in [0.1, 0.15) is 5.69 Å². The van der Waals surface area contributed by atoms with Crippen LogP contribution in [0.25, 0.3) is 22.4 Å². The summed E-state index contributed by atoms with van der Waals surface area (Å²) in [5.74, 6) is 0.137. The van der Waals surface area contributed by atoms with Crippen molar-refractivity contribution in [2.24, 2.45) is 0 Å². The Morgan fingerprint density at radius 1 is 1.10 bits per heavy atom. The van der Waals surface area contributed by atoms with E-state index in [9.17, 15) is 9.59 Å². The average molecular weight is 387 g/mol. The van der Waals surface area contributed by atoms with Crippen molar-refractivity contribution in [3.8, 4) is 11.5 Å². The van der Waals surface area contributed by atoms with E-state index in [1.807, 2.05) is 32.0 Å². The molecule has 7 nitrogen and oxygen atoms in total. The highest BCUT2D eigenvalue weighted by Crippen LogP contribution is 2.24. The molecule has 1 amide bonds. The Kier molecular flexibility index (Phi) is 4.72. The van der Waals surface area contributed by atoms with Gasteiger partial charge in [-0.25, -0.2) is 4.98 Å². The van der Waals surface area contributed by atoms with E-state index in [4.69, 9.17) is 0 Å². The zero-order chi connectivity index (χ0) is 20.5. The highest BCUT2D eigenvalue weighted by atomic mass is 16.1. The van der Waals surface area contributed by atoms with Crippen LogP contribution in [0.15, 0.2) is 53.5 Å². The van der Waals surface area contributed by atoms with Crippen molar-refractivity contribution in [1.82, 2.24) is 25.3 Å². The van der Waals surface area contributed by atoms with E-state index in [2.05, 4.69) is 25.3 Å². The van der Waals surface area contributed by atoms with Crippen molar-refractivity contribution in [1.29, 1.82) is 0 Å². The summed E-state index contributed by atoms with van der Waals surface area (Å²) in [6.07, 6.45) is 1.63. The number of hydrogen-bond donors (Lipinski definition) is 3. The molecular formula is C22H21N5O2. The van der Waals surface area contributed by atoms with Gasteiger partial charge >= 0.3 is 0 Å². The molecule has 0 saturated carbocycles. The Morgan fingerprint density at radius 3 is 2.69 bits per heavy atom. The van der Waals surface area contributed by atoms with Crippen LogP contribution in [0.4, 0.5) is 0 Å². The number of nitrogens with one attached hydrogen (secondary N) is 3. The summed E-state index contributed by atoms with van der Waals surface area (Å²) in [5, 5.41) is 3.97. The average Bonchev–Trinajstić information content (AvgIpc) is 3.02. The molecule has 4 rings (SSSR count). The lowest BCUT2D eigenvalue weighted by atomic mass is 10.1. The molecule has 0 aliphatic rings. The first-order valence-electron chi connectivity index (χ1n) is 9.35. The summed E-state index contributed by atoms with van der Waals surface area (Å²) < 4.78 is 0. The summed E-state index contributed by atoms with van der Waals surface area (Å²) in [7, 11) is 0. The molecule has 1 aromatic carbocycles. The minimum atomic E-state index is -0.459. The third-order valence-electron chi connectivity index (χ3n) is 5.05. The predicted octanol–water partition coefficient (Wildman–Crippen LogP) is 3.42. The molecule has 3 N–H and O–H groups in total. The predicted molar refractivity (Wildman–Crippen MR) is 112 cm³/mol. The van der Waals surface area contributed by atoms with E-state index in [1.165, 1.54) is 6.07 Å². The van der Waals surface area contributed by atoms with Gasteiger partial charge in [0.05, 0.1) is 22.8 Å². The number of carbonyl (C=O) groups is 1. The molecule has 4 aromatic rings. The highest BCUT2D eigenvalue weighted by molar-refractivity contribution is 6.06. The Hall–Kier alpha value is -3.74. The molecule has 3 aromatic heterocycles. The van der Waals surface area contributed by atoms with Crippen LogP contribution in [0.3, 0.4) is 0 Å². The second-order valence-corrected chi connectivity index (χ2v) is 7.03. The number of nitrogens with zero attached hydrogens (tertiary/aromatic N) is 2. The number of benzene rings is 1. The molecule has 146 valence electrons. The summed E-state index contributed by atoms with van der Waals surface area (Å²) in [4.78, 5) is 39.8. The number of aromatic amines is 2. The molecule has 1 atom stereocenters. The molecule has 0 unspecified atom stereocenters. The maximum atomic E-state index is 12.9. The minimum Gasteiger partial charge on any atom is -0.358 e. The molecular weight excluding hydrogens is 366 g/mol. The largest absolute Gasteiger partial charge is 0.358 e. The SMILES string of the molecule is Cc1[nH]c2c(C(=O)N[C@@H](C)c3cc(=O)[nH]c(-c4ccccn4)n3)cccc2c1C. The van der Waals surface area contributed by atoms with Crippen LogP contribution in [0.2, 0.25) is 0 Å². The summed E-state index contributed by atoms with van der Waals surface area (Å²) in [5.41, 5.74) is 4.25. The lowest BCUT2D eigenvalue weighted by molar-refractivity contribution is 0.0940. The maximum Gasteiger partial charge on any atom is 0.253 e. The first-order valence-corrected chi connectivity index (χ1v) is 9.35. The number of hydrogen-bond acceptors (Lipinski definition) is 4. The Labute approximate surface area is 167 Å². The molecule has 0 radical (unpaired) electrons. The van der Waals surface area contributed by atoms with Crippen LogP contribution in [-0.4, -0.2) is 25.8 Å². The van der Waals surface area contributed by atoms with E-state index < -0.39 is 6.04 Å². The third-order valence-corrected chi connectivity index (χ3v) is 5.05. The number of rotatable bonds is 4. The van der Waals surface area contributed by atoms with Crippen LogP contribution < -0.4 is 10.9 Å². The van der Waals surface area contributed by atoms with Gasteiger partial charge in [0.15, 0.2) is 5.82 Å². The summed E-state index contributed by atoms with van der Waals surface area (Å²) >= 11 is 0. The van der Waals surface area contributed by atoms with E-state index in [-0.39, 0.29) is 11.5 Å². The van der Waals surface area contributed by atoms with Gasteiger partial charge in [-0.05, 0) is 44.5 Å². The fraction of sp³-hybridized carbons (Fsp3) is 0.182. The molecule has 0 saturated heterocycles. The van der Waals surface area contributed by atoms with Gasteiger partial charge in [-0.3, -0.25) is 14.6 Å². The van der Waals surface area contributed by atoms with Crippen molar-refractivity contribution < 1.29 is 4.79 Å². The zero-order valence-electron chi connectivity index (χ0n) is 16.4. The van der Waals surface area contributed by atoms with Gasteiger partial charge in [-0.15, -0.1) is 0 Å². The van der Waals surface area contributed by atoms with Gasteiger partial charge in [0.25, 0.3) is 11.5 Å². The molecule has 0 fully saturated rings. The monoisotopic (exact) mass is 387 g/mol. The normalized spacial score (nSPS) is 12.1. The fourth-order valence-electron chi connectivity index (χ4n) is 3.34. The number of H-pyrrole nitrogens is 2. The van der Waals surface area contributed by atoms with Crippen molar-refractivity contribution in [3.63, 3.8) is 0 Å². The maximum absolute atomic E-state index is 12.9. The van der Waals surface area contributed by atoms with E-state index >= 15 is 0 Å². The van der Waals surface area contributed by atoms with Gasteiger partial charge in [-0.1, -0.05) is 18.2 Å². The lowest BCUT2D eigenvalue weighted by Crippen LogP contribution is -2.28. The number of para-hydroxylation sites is 1. The van der Waals surface area contributed by atoms with Crippen LogP contribution in [0.5, 0.6) is 0 Å².